The second-order valence-electron chi connectivity index (χ2n) is 7.84. The van der Waals surface area contributed by atoms with Gasteiger partial charge in [-0.3, -0.25) is 14.6 Å². The van der Waals surface area contributed by atoms with Crippen molar-refractivity contribution in [3.63, 3.8) is 0 Å². The first kappa shape index (κ1) is 24.7. The first-order valence-electron chi connectivity index (χ1n) is 10.8. The van der Waals surface area contributed by atoms with Gasteiger partial charge < -0.3 is 14.8 Å². The van der Waals surface area contributed by atoms with Crippen LogP contribution in [0.2, 0.25) is 0 Å². The van der Waals surface area contributed by atoms with E-state index in [0.717, 1.165) is 11.3 Å². The van der Waals surface area contributed by atoms with Crippen LogP contribution in [0.5, 0.6) is 5.75 Å². The molecule has 0 spiro atoms. The summed E-state index contributed by atoms with van der Waals surface area (Å²) in [6.07, 6.45) is 3.21. The van der Waals surface area contributed by atoms with Gasteiger partial charge in [0.1, 0.15) is 10.6 Å². The van der Waals surface area contributed by atoms with Crippen molar-refractivity contribution in [2.24, 2.45) is 5.92 Å². The molecule has 33 heavy (non-hydrogen) atoms. The van der Waals surface area contributed by atoms with Gasteiger partial charge in [-0.05, 0) is 56.0 Å². The van der Waals surface area contributed by atoms with E-state index in [4.69, 9.17) is 9.47 Å². The van der Waals surface area contributed by atoms with E-state index in [9.17, 15) is 18.0 Å². The number of aromatic nitrogens is 1. The van der Waals surface area contributed by atoms with Gasteiger partial charge >= 0.3 is 5.97 Å². The summed E-state index contributed by atoms with van der Waals surface area (Å²) in [5.41, 5.74) is 1.05. The van der Waals surface area contributed by atoms with Crippen molar-refractivity contribution >= 4 is 21.9 Å². The van der Waals surface area contributed by atoms with E-state index in [-0.39, 0.29) is 23.9 Å². The van der Waals surface area contributed by atoms with Crippen LogP contribution in [0.15, 0.2) is 53.7 Å². The molecule has 1 aliphatic heterocycles. The summed E-state index contributed by atoms with van der Waals surface area (Å²) in [5, 5.41) is 2.77. The highest BCUT2D eigenvalue weighted by molar-refractivity contribution is 7.89. The second kappa shape index (κ2) is 11.2. The van der Waals surface area contributed by atoms with Crippen molar-refractivity contribution in [3.8, 4) is 5.75 Å². The molecule has 0 radical (unpaired) electrons. The average molecular weight is 476 g/mol. The third kappa shape index (κ3) is 6.52. The Morgan fingerprint density at radius 1 is 1.18 bits per heavy atom. The van der Waals surface area contributed by atoms with E-state index >= 15 is 0 Å². The molecular formula is C23H29N3O6S. The Hall–Kier alpha value is -2.98. The van der Waals surface area contributed by atoms with Gasteiger partial charge in [-0.2, -0.15) is 4.31 Å². The van der Waals surface area contributed by atoms with Crippen molar-refractivity contribution in [1.82, 2.24) is 14.6 Å². The number of carbonyl (C=O) groups is 2. The third-order valence-corrected chi connectivity index (χ3v) is 7.48. The second-order valence-corrected chi connectivity index (χ2v) is 9.77. The number of amides is 1. The first-order chi connectivity index (χ1) is 15.8. The Balaban J connectivity index is 1.42. The number of benzene rings is 1. The number of ether oxygens (including phenoxy) is 2. The summed E-state index contributed by atoms with van der Waals surface area (Å²) in [6, 6.07) is 10.6. The predicted octanol–water partition coefficient (Wildman–Crippen LogP) is 1.78. The number of piperidine rings is 1. The lowest BCUT2D eigenvalue weighted by Crippen LogP contribution is -2.42. The molecule has 1 N–H and O–H groups in total. The molecule has 1 aromatic carbocycles. The number of nitrogens with zero attached hydrogens (tertiary/aromatic N) is 2. The fourth-order valence-corrected chi connectivity index (χ4v) is 5.00. The van der Waals surface area contributed by atoms with E-state index in [1.807, 2.05) is 24.3 Å². The normalized spacial score (nSPS) is 16.1. The minimum Gasteiger partial charge on any atom is -0.497 e. The zero-order valence-electron chi connectivity index (χ0n) is 18.8. The molecule has 1 unspecified atom stereocenters. The van der Waals surface area contributed by atoms with Crippen molar-refractivity contribution in [3.05, 3.63) is 54.4 Å². The summed E-state index contributed by atoms with van der Waals surface area (Å²) in [5.74, 6) is -0.525. The number of methoxy groups -OCH3 is 1. The zero-order chi connectivity index (χ0) is 23.8. The van der Waals surface area contributed by atoms with Crippen LogP contribution in [-0.2, 0) is 30.8 Å². The number of hydrogen-bond donors (Lipinski definition) is 1. The van der Waals surface area contributed by atoms with E-state index in [0.29, 0.717) is 25.8 Å². The van der Waals surface area contributed by atoms with Crippen LogP contribution in [0.1, 0.15) is 25.3 Å². The molecule has 3 rings (SSSR count). The number of nitrogens with one attached hydrogen (secondary N) is 1. The van der Waals surface area contributed by atoms with Crippen LogP contribution in [0.3, 0.4) is 0 Å². The maximum Gasteiger partial charge on any atom is 0.309 e. The van der Waals surface area contributed by atoms with Crippen molar-refractivity contribution in [2.45, 2.75) is 37.2 Å². The van der Waals surface area contributed by atoms with Gasteiger partial charge in [-0.1, -0.05) is 12.1 Å². The SMILES string of the molecule is COc1ccc(CCNC(=O)C(C)OC(=O)C2CCN(S(=O)(=O)c3cccnc3)CC2)cc1. The van der Waals surface area contributed by atoms with Crippen LogP contribution >= 0.6 is 0 Å². The van der Waals surface area contributed by atoms with E-state index in [1.54, 1.807) is 13.2 Å². The molecule has 0 bridgehead atoms. The van der Waals surface area contributed by atoms with E-state index < -0.39 is 28.0 Å². The summed E-state index contributed by atoms with van der Waals surface area (Å²) in [7, 11) is -2.03. The largest absolute Gasteiger partial charge is 0.497 e. The molecule has 0 saturated carbocycles. The standard InChI is InChI=1S/C23H29N3O6S/c1-17(22(27)25-13-9-18-5-7-20(31-2)8-6-18)32-23(28)19-10-14-26(15-11-19)33(29,30)21-4-3-12-24-16-21/h3-8,12,16-17,19H,9-11,13-15H2,1-2H3,(H,25,27). The molecule has 1 aliphatic rings. The quantitative estimate of drug-likeness (QED) is 0.550. The molecule has 1 aromatic heterocycles. The average Bonchev–Trinajstić information content (AvgIpc) is 2.85. The van der Waals surface area contributed by atoms with Crippen molar-refractivity contribution in [2.75, 3.05) is 26.7 Å². The highest BCUT2D eigenvalue weighted by Gasteiger charge is 2.34. The molecule has 1 fully saturated rings. The Bertz CT molecular complexity index is 1040. The van der Waals surface area contributed by atoms with Crippen LogP contribution in [0.4, 0.5) is 0 Å². The van der Waals surface area contributed by atoms with Gasteiger partial charge in [0.2, 0.25) is 10.0 Å². The lowest BCUT2D eigenvalue weighted by molar-refractivity contribution is -0.159. The van der Waals surface area contributed by atoms with Gasteiger partial charge in [0, 0.05) is 32.0 Å². The van der Waals surface area contributed by atoms with E-state index in [1.165, 1.54) is 29.7 Å². The highest BCUT2D eigenvalue weighted by Crippen LogP contribution is 2.24. The number of rotatable bonds is 9. The zero-order valence-corrected chi connectivity index (χ0v) is 19.6. The van der Waals surface area contributed by atoms with Crippen LogP contribution in [0, 0.1) is 5.92 Å². The number of sulfonamides is 1. The third-order valence-electron chi connectivity index (χ3n) is 5.59. The number of hydrogen-bond acceptors (Lipinski definition) is 7. The van der Waals surface area contributed by atoms with E-state index in [2.05, 4.69) is 10.3 Å². The number of pyridine rings is 1. The lowest BCUT2D eigenvalue weighted by Gasteiger charge is -2.30. The lowest BCUT2D eigenvalue weighted by atomic mass is 9.98. The maximum absolute atomic E-state index is 12.7. The summed E-state index contributed by atoms with van der Waals surface area (Å²) >= 11 is 0. The molecule has 2 aromatic rings. The van der Waals surface area contributed by atoms with Gasteiger partial charge in [-0.15, -0.1) is 0 Å². The summed E-state index contributed by atoms with van der Waals surface area (Å²) < 4.78 is 37.2. The Labute approximate surface area is 194 Å². The van der Waals surface area contributed by atoms with Gasteiger partial charge in [-0.25, -0.2) is 8.42 Å². The molecule has 10 heteroatoms. The Kier molecular flexibility index (Phi) is 8.40. The fraction of sp³-hybridized carbons (Fsp3) is 0.435. The summed E-state index contributed by atoms with van der Waals surface area (Å²) in [4.78, 5) is 28.8. The molecular weight excluding hydrogens is 446 g/mol. The Morgan fingerprint density at radius 3 is 2.48 bits per heavy atom. The molecule has 0 aliphatic carbocycles. The highest BCUT2D eigenvalue weighted by atomic mass is 32.2. The number of esters is 1. The molecule has 2 heterocycles. The Morgan fingerprint density at radius 2 is 1.88 bits per heavy atom. The molecule has 1 saturated heterocycles. The van der Waals surface area contributed by atoms with Crippen LogP contribution in [0.25, 0.3) is 0 Å². The minimum atomic E-state index is -3.64. The fourth-order valence-electron chi connectivity index (χ4n) is 3.57. The molecule has 178 valence electrons. The van der Waals surface area contributed by atoms with Crippen LogP contribution < -0.4 is 10.1 Å². The summed E-state index contributed by atoms with van der Waals surface area (Å²) in [6.45, 7) is 2.36. The van der Waals surface area contributed by atoms with Crippen LogP contribution in [-0.4, -0.2) is 62.4 Å². The minimum absolute atomic E-state index is 0.131. The topological polar surface area (TPSA) is 115 Å². The molecule has 1 atom stereocenters. The van der Waals surface area contributed by atoms with Gasteiger partial charge in [0.25, 0.3) is 5.91 Å². The van der Waals surface area contributed by atoms with Gasteiger partial charge in [0.15, 0.2) is 6.10 Å². The molecule has 9 nitrogen and oxygen atoms in total. The smallest absolute Gasteiger partial charge is 0.309 e. The van der Waals surface area contributed by atoms with Gasteiger partial charge in [0.05, 0.1) is 13.0 Å². The maximum atomic E-state index is 12.7. The number of carbonyl (C=O) groups excluding carboxylic acids is 2. The van der Waals surface area contributed by atoms with Crippen molar-refractivity contribution < 1.29 is 27.5 Å². The predicted molar refractivity (Wildman–Crippen MR) is 121 cm³/mol. The van der Waals surface area contributed by atoms with Crippen molar-refractivity contribution in [1.29, 1.82) is 0 Å². The first-order valence-corrected chi connectivity index (χ1v) is 12.3. The monoisotopic (exact) mass is 475 g/mol. The molecule has 1 amide bonds.